The molecule has 1 aliphatic rings. The fraction of sp³-hybridized carbons (Fsp3) is 0.429. The molecular formula is C14H18N2O3. The molecule has 1 aliphatic carbocycles. The van der Waals surface area contributed by atoms with Gasteiger partial charge in [-0.15, -0.1) is 0 Å². The van der Waals surface area contributed by atoms with Crippen LogP contribution in [-0.4, -0.2) is 25.0 Å². The van der Waals surface area contributed by atoms with E-state index in [-0.39, 0.29) is 23.8 Å². The SMILES string of the molecule is COC(=O)c1ccc(NC(=O)C2CCC(N)C2)cc1. The number of esters is 1. The minimum atomic E-state index is -0.389. The standard InChI is InChI=1S/C14H18N2O3/c1-19-14(18)9-3-6-12(7-4-9)16-13(17)10-2-5-11(15)8-10/h3-4,6-7,10-11H,2,5,8,15H2,1H3,(H,16,17). The van der Waals surface area contributed by atoms with Gasteiger partial charge in [-0.3, -0.25) is 4.79 Å². The van der Waals surface area contributed by atoms with E-state index in [1.807, 2.05) is 0 Å². The zero-order valence-electron chi connectivity index (χ0n) is 10.9. The first-order valence-corrected chi connectivity index (χ1v) is 6.35. The molecule has 0 aliphatic heterocycles. The van der Waals surface area contributed by atoms with Crippen molar-refractivity contribution in [1.82, 2.24) is 0 Å². The second-order valence-electron chi connectivity index (χ2n) is 4.83. The van der Waals surface area contributed by atoms with Gasteiger partial charge in [0.25, 0.3) is 0 Å². The number of rotatable bonds is 3. The van der Waals surface area contributed by atoms with Crippen LogP contribution in [0.3, 0.4) is 0 Å². The Morgan fingerprint density at radius 2 is 1.95 bits per heavy atom. The van der Waals surface area contributed by atoms with Crippen LogP contribution in [0.1, 0.15) is 29.6 Å². The van der Waals surface area contributed by atoms with Crippen LogP contribution in [0.4, 0.5) is 5.69 Å². The summed E-state index contributed by atoms with van der Waals surface area (Å²) in [4.78, 5) is 23.2. The van der Waals surface area contributed by atoms with E-state index in [1.165, 1.54) is 7.11 Å². The van der Waals surface area contributed by atoms with Crippen LogP contribution < -0.4 is 11.1 Å². The molecule has 5 nitrogen and oxygen atoms in total. The summed E-state index contributed by atoms with van der Waals surface area (Å²) in [5.41, 5.74) is 6.93. The third kappa shape index (κ3) is 3.32. The average molecular weight is 262 g/mol. The lowest BCUT2D eigenvalue weighted by Gasteiger charge is -2.11. The Hall–Kier alpha value is -1.88. The molecule has 1 fully saturated rings. The Labute approximate surface area is 112 Å². The number of methoxy groups -OCH3 is 1. The van der Waals surface area contributed by atoms with Crippen LogP contribution in [-0.2, 0) is 9.53 Å². The van der Waals surface area contributed by atoms with Gasteiger partial charge in [-0.2, -0.15) is 0 Å². The van der Waals surface area contributed by atoms with Crippen molar-refractivity contribution >= 4 is 17.6 Å². The molecule has 0 radical (unpaired) electrons. The molecule has 0 bridgehead atoms. The van der Waals surface area contributed by atoms with Crippen molar-refractivity contribution in [3.63, 3.8) is 0 Å². The largest absolute Gasteiger partial charge is 0.465 e. The molecule has 2 unspecified atom stereocenters. The predicted octanol–water partition coefficient (Wildman–Crippen LogP) is 1.54. The van der Waals surface area contributed by atoms with Crippen molar-refractivity contribution < 1.29 is 14.3 Å². The van der Waals surface area contributed by atoms with Crippen LogP contribution in [0, 0.1) is 5.92 Å². The smallest absolute Gasteiger partial charge is 0.337 e. The van der Waals surface area contributed by atoms with Gasteiger partial charge in [0.15, 0.2) is 0 Å². The van der Waals surface area contributed by atoms with Gasteiger partial charge in [0, 0.05) is 17.6 Å². The quantitative estimate of drug-likeness (QED) is 0.809. The van der Waals surface area contributed by atoms with E-state index in [0.717, 1.165) is 19.3 Å². The number of ether oxygens (including phenoxy) is 1. The number of anilines is 1. The summed E-state index contributed by atoms with van der Waals surface area (Å²) in [6, 6.07) is 6.78. The average Bonchev–Trinajstić information content (AvgIpc) is 2.85. The molecule has 1 saturated carbocycles. The van der Waals surface area contributed by atoms with E-state index in [1.54, 1.807) is 24.3 Å². The lowest BCUT2D eigenvalue weighted by Crippen LogP contribution is -2.23. The molecule has 0 heterocycles. The normalized spacial score (nSPS) is 22.0. The third-order valence-electron chi connectivity index (χ3n) is 3.42. The number of carbonyl (C=O) groups excluding carboxylic acids is 2. The molecule has 0 spiro atoms. The fourth-order valence-electron chi connectivity index (χ4n) is 2.31. The van der Waals surface area contributed by atoms with Crippen LogP contribution >= 0.6 is 0 Å². The van der Waals surface area contributed by atoms with Crippen LogP contribution in [0.15, 0.2) is 24.3 Å². The summed E-state index contributed by atoms with van der Waals surface area (Å²) in [5.74, 6) is -0.395. The fourth-order valence-corrected chi connectivity index (χ4v) is 2.31. The maximum absolute atomic E-state index is 12.0. The van der Waals surface area contributed by atoms with Crippen molar-refractivity contribution in [2.75, 3.05) is 12.4 Å². The van der Waals surface area contributed by atoms with Crippen molar-refractivity contribution in [3.8, 4) is 0 Å². The van der Waals surface area contributed by atoms with E-state index in [9.17, 15) is 9.59 Å². The molecule has 0 saturated heterocycles. The van der Waals surface area contributed by atoms with Crippen molar-refractivity contribution in [1.29, 1.82) is 0 Å². The maximum atomic E-state index is 12.0. The van der Waals surface area contributed by atoms with Gasteiger partial charge in [0.05, 0.1) is 12.7 Å². The van der Waals surface area contributed by atoms with Crippen LogP contribution in [0.25, 0.3) is 0 Å². The lowest BCUT2D eigenvalue weighted by molar-refractivity contribution is -0.119. The topological polar surface area (TPSA) is 81.4 Å². The minimum Gasteiger partial charge on any atom is -0.465 e. The summed E-state index contributed by atoms with van der Waals surface area (Å²) in [7, 11) is 1.33. The zero-order valence-corrected chi connectivity index (χ0v) is 10.9. The second-order valence-corrected chi connectivity index (χ2v) is 4.83. The summed E-state index contributed by atoms with van der Waals surface area (Å²) in [5, 5.41) is 2.84. The summed E-state index contributed by atoms with van der Waals surface area (Å²) < 4.78 is 4.61. The highest BCUT2D eigenvalue weighted by molar-refractivity contribution is 5.94. The lowest BCUT2D eigenvalue weighted by atomic mass is 10.1. The highest BCUT2D eigenvalue weighted by Crippen LogP contribution is 2.25. The van der Waals surface area contributed by atoms with Crippen LogP contribution in [0.2, 0.25) is 0 Å². The first kappa shape index (κ1) is 13.5. The van der Waals surface area contributed by atoms with Crippen molar-refractivity contribution in [2.45, 2.75) is 25.3 Å². The molecule has 1 amide bonds. The first-order valence-electron chi connectivity index (χ1n) is 6.35. The van der Waals surface area contributed by atoms with Gasteiger partial charge in [-0.25, -0.2) is 4.79 Å². The molecule has 3 N–H and O–H groups in total. The number of amides is 1. The van der Waals surface area contributed by atoms with Gasteiger partial charge >= 0.3 is 5.97 Å². The molecule has 19 heavy (non-hydrogen) atoms. The van der Waals surface area contributed by atoms with Crippen molar-refractivity contribution in [3.05, 3.63) is 29.8 Å². The molecule has 102 valence electrons. The Kier molecular flexibility index (Phi) is 4.16. The van der Waals surface area contributed by atoms with E-state index in [2.05, 4.69) is 10.1 Å². The highest BCUT2D eigenvalue weighted by atomic mass is 16.5. The highest BCUT2D eigenvalue weighted by Gasteiger charge is 2.27. The molecular weight excluding hydrogens is 244 g/mol. The van der Waals surface area contributed by atoms with Crippen LogP contribution in [0.5, 0.6) is 0 Å². The van der Waals surface area contributed by atoms with E-state index >= 15 is 0 Å². The molecule has 1 aromatic carbocycles. The van der Waals surface area contributed by atoms with E-state index in [4.69, 9.17) is 5.73 Å². The van der Waals surface area contributed by atoms with Gasteiger partial charge in [-0.1, -0.05) is 0 Å². The summed E-state index contributed by atoms with van der Waals surface area (Å²) in [6.07, 6.45) is 2.48. The van der Waals surface area contributed by atoms with E-state index in [0.29, 0.717) is 11.3 Å². The molecule has 2 rings (SSSR count). The number of hydrogen-bond donors (Lipinski definition) is 2. The zero-order chi connectivity index (χ0) is 13.8. The Morgan fingerprint density at radius 1 is 1.26 bits per heavy atom. The second kappa shape index (κ2) is 5.84. The van der Waals surface area contributed by atoms with Crippen molar-refractivity contribution in [2.24, 2.45) is 11.7 Å². The summed E-state index contributed by atoms with van der Waals surface area (Å²) in [6.45, 7) is 0. The third-order valence-corrected chi connectivity index (χ3v) is 3.42. The molecule has 0 aromatic heterocycles. The van der Waals surface area contributed by atoms with Gasteiger partial charge in [0.2, 0.25) is 5.91 Å². The first-order chi connectivity index (χ1) is 9.10. The molecule has 2 atom stereocenters. The predicted molar refractivity (Wildman–Crippen MR) is 71.7 cm³/mol. The summed E-state index contributed by atoms with van der Waals surface area (Å²) >= 11 is 0. The van der Waals surface area contributed by atoms with Gasteiger partial charge in [-0.05, 0) is 43.5 Å². The minimum absolute atomic E-state index is 0.00114. The number of nitrogens with two attached hydrogens (primary N) is 1. The van der Waals surface area contributed by atoms with Gasteiger partial charge in [0.1, 0.15) is 0 Å². The van der Waals surface area contributed by atoms with Gasteiger partial charge < -0.3 is 15.8 Å². The Bertz CT molecular complexity index is 470. The maximum Gasteiger partial charge on any atom is 0.337 e. The Balaban J connectivity index is 1.96. The number of benzene rings is 1. The van der Waals surface area contributed by atoms with E-state index < -0.39 is 0 Å². The Morgan fingerprint density at radius 3 is 2.47 bits per heavy atom. The monoisotopic (exact) mass is 262 g/mol. The molecule has 1 aromatic rings. The number of hydrogen-bond acceptors (Lipinski definition) is 4. The number of nitrogens with one attached hydrogen (secondary N) is 1. The number of carbonyl (C=O) groups is 2. The molecule has 5 heteroatoms.